The van der Waals surface area contributed by atoms with Gasteiger partial charge in [0.1, 0.15) is 12.4 Å². The topological polar surface area (TPSA) is 81.9 Å². The van der Waals surface area contributed by atoms with Gasteiger partial charge in [0.2, 0.25) is 0 Å². The van der Waals surface area contributed by atoms with Gasteiger partial charge >= 0.3 is 6.09 Å². The van der Waals surface area contributed by atoms with Gasteiger partial charge in [-0.25, -0.2) is 4.79 Å². The number of likely N-dealkylation sites (N-methyl/N-ethyl adjacent to an activating group) is 1. The fraction of sp³-hybridized carbons (Fsp3) is 0.714. The van der Waals surface area contributed by atoms with Crippen LogP contribution in [0.2, 0.25) is 0 Å². The number of amides is 1. The lowest BCUT2D eigenvalue weighted by Gasteiger charge is -2.19. The minimum absolute atomic E-state index is 0.108. The number of hydrogen-bond donors (Lipinski definition) is 1. The number of aldehydes is 1. The molecule has 0 bridgehead atoms. The van der Waals surface area contributed by atoms with Gasteiger partial charge in [0.25, 0.3) is 0 Å². The van der Waals surface area contributed by atoms with Gasteiger partial charge in [-0.1, -0.05) is 0 Å². The molecule has 0 radical (unpaired) electrons. The number of carbonyl (C=O) groups excluding carboxylic acids is 2. The van der Waals surface area contributed by atoms with Crippen LogP contribution >= 0.6 is 0 Å². The molecule has 13 heavy (non-hydrogen) atoms. The van der Waals surface area contributed by atoms with Crippen molar-refractivity contribution in [2.75, 3.05) is 20.7 Å². The highest BCUT2D eigenvalue weighted by Crippen LogP contribution is 1.99. The van der Waals surface area contributed by atoms with Crippen LogP contribution in [0.5, 0.6) is 0 Å². The van der Waals surface area contributed by atoms with Crippen molar-refractivity contribution in [3.63, 3.8) is 0 Å². The first-order valence-corrected chi connectivity index (χ1v) is 3.75. The van der Waals surface area contributed by atoms with Crippen LogP contribution in [0.15, 0.2) is 0 Å². The second-order valence-corrected chi connectivity index (χ2v) is 2.45. The van der Waals surface area contributed by atoms with Crippen molar-refractivity contribution in [3.8, 4) is 0 Å². The van der Waals surface area contributed by atoms with E-state index in [0.29, 0.717) is 12.8 Å². The standard InChI is InChI=1S/C7H14N2O4/c1-9(12-2)5-6(3-4-10)13-7(8)11/h4,6H,3,5H2,1-2H3,(H2,8,11). The lowest BCUT2D eigenvalue weighted by Crippen LogP contribution is -2.34. The number of rotatable bonds is 6. The Labute approximate surface area is 76.5 Å². The van der Waals surface area contributed by atoms with E-state index in [1.54, 1.807) is 7.05 Å². The van der Waals surface area contributed by atoms with Gasteiger partial charge < -0.3 is 20.1 Å². The minimum Gasteiger partial charge on any atom is -0.444 e. The highest BCUT2D eigenvalue weighted by molar-refractivity contribution is 5.65. The van der Waals surface area contributed by atoms with Gasteiger partial charge in [-0.05, 0) is 0 Å². The molecule has 1 atom stereocenters. The van der Waals surface area contributed by atoms with E-state index in [1.807, 2.05) is 0 Å². The van der Waals surface area contributed by atoms with Gasteiger partial charge in [0.05, 0.1) is 13.7 Å². The van der Waals surface area contributed by atoms with Crippen molar-refractivity contribution >= 4 is 12.4 Å². The number of primary amides is 1. The van der Waals surface area contributed by atoms with Crippen LogP contribution < -0.4 is 5.73 Å². The van der Waals surface area contributed by atoms with Crippen LogP contribution in [0.3, 0.4) is 0 Å². The SMILES string of the molecule is CON(C)CC(CC=O)OC(N)=O. The monoisotopic (exact) mass is 190 g/mol. The van der Waals surface area contributed by atoms with Crippen molar-refractivity contribution in [1.29, 1.82) is 0 Å². The fourth-order valence-electron chi connectivity index (χ4n) is 0.793. The molecule has 0 aliphatic carbocycles. The fourth-order valence-corrected chi connectivity index (χ4v) is 0.793. The van der Waals surface area contributed by atoms with E-state index in [1.165, 1.54) is 12.2 Å². The zero-order chi connectivity index (χ0) is 10.3. The second-order valence-electron chi connectivity index (χ2n) is 2.45. The summed E-state index contributed by atoms with van der Waals surface area (Å²) in [5.41, 5.74) is 4.80. The molecule has 0 heterocycles. The summed E-state index contributed by atoms with van der Waals surface area (Å²) in [4.78, 5) is 25.3. The van der Waals surface area contributed by atoms with Crippen LogP contribution in [-0.4, -0.2) is 44.2 Å². The Hall–Kier alpha value is -1.14. The highest BCUT2D eigenvalue weighted by Gasteiger charge is 2.14. The number of hydrogen-bond acceptors (Lipinski definition) is 5. The molecule has 6 nitrogen and oxygen atoms in total. The van der Waals surface area contributed by atoms with Crippen molar-refractivity contribution in [2.45, 2.75) is 12.5 Å². The molecular formula is C7H14N2O4. The quantitative estimate of drug-likeness (QED) is 0.452. The Kier molecular flexibility index (Phi) is 5.82. The molecule has 1 unspecified atom stereocenters. The van der Waals surface area contributed by atoms with Gasteiger partial charge in [0, 0.05) is 13.5 Å². The summed E-state index contributed by atoms with van der Waals surface area (Å²) in [6, 6.07) is 0. The van der Waals surface area contributed by atoms with Crippen LogP contribution in [0, 0.1) is 0 Å². The number of nitrogens with zero attached hydrogens (tertiary/aromatic N) is 1. The Morgan fingerprint density at radius 2 is 2.31 bits per heavy atom. The van der Waals surface area contributed by atoms with Gasteiger partial charge in [-0.3, -0.25) is 0 Å². The van der Waals surface area contributed by atoms with Crippen molar-refractivity contribution in [1.82, 2.24) is 5.06 Å². The van der Waals surface area contributed by atoms with E-state index in [2.05, 4.69) is 4.74 Å². The highest BCUT2D eigenvalue weighted by atomic mass is 16.7. The Morgan fingerprint density at radius 1 is 1.69 bits per heavy atom. The first kappa shape index (κ1) is 11.9. The maximum atomic E-state index is 10.4. The summed E-state index contributed by atoms with van der Waals surface area (Å²) in [6.45, 7) is 0.304. The summed E-state index contributed by atoms with van der Waals surface area (Å²) in [7, 11) is 3.13. The Balaban J connectivity index is 3.92. The molecule has 0 aliphatic rings. The van der Waals surface area contributed by atoms with E-state index in [0.717, 1.165) is 0 Å². The number of carbonyl (C=O) groups is 2. The molecule has 0 aromatic rings. The average molecular weight is 190 g/mol. The zero-order valence-electron chi connectivity index (χ0n) is 7.73. The van der Waals surface area contributed by atoms with Gasteiger partial charge in [-0.2, -0.15) is 5.06 Å². The van der Waals surface area contributed by atoms with E-state index >= 15 is 0 Å². The Bertz CT molecular complexity index is 174. The van der Waals surface area contributed by atoms with Gasteiger partial charge in [0.15, 0.2) is 0 Å². The molecule has 0 aliphatic heterocycles. The van der Waals surface area contributed by atoms with Crippen molar-refractivity contribution in [2.24, 2.45) is 5.73 Å². The van der Waals surface area contributed by atoms with E-state index < -0.39 is 12.2 Å². The normalized spacial score (nSPS) is 12.5. The van der Waals surface area contributed by atoms with Crippen molar-refractivity contribution in [3.05, 3.63) is 0 Å². The van der Waals surface area contributed by atoms with E-state index in [-0.39, 0.29) is 6.42 Å². The average Bonchev–Trinajstić information content (AvgIpc) is 2.03. The first-order chi connectivity index (χ1) is 6.10. The van der Waals surface area contributed by atoms with E-state index in [4.69, 9.17) is 10.6 Å². The molecule has 1 amide bonds. The first-order valence-electron chi connectivity index (χ1n) is 3.75. The summed E-state index contributed by atoms with van der Waals surface area (Å²) >= 11 is 0. The number of hydroxylamine groups is 2. The molecule has 2 N–H and O–H groups in total. The molecule has 6 heteroatoms. The smallest absolute Gasteiger partial charge is 0.404 e. The molecule has 76 valence electrons. The summed E-state index contributed by atoms with van der Waals surface area (Å²) in [6.07, 6.45) is -0.676. The largest absolute Gasteiger partial charge is 0.444 e. The molecule has 0 saturated heterocycles. The lowest BCUT2D eigenvalue weighted by atomic mass is 10.3. The number of ether oxygens (including phenoxy) is 1. The van der Waals surface area contributed by atoms with Crippen LogP contribution in [-0.2, 0) is 14.4 Å². The summed E-state index contributed by atoms with van der Waals surface area (Å²) < 4.78 is 4.65. The van der Waals surface area contributed by atoms with Crippen LogP contribution in [0.1, 0.15) is 6.42 Å². The van der Waals surface area contributed by atoms with E-state index in [9.17, 15) is 9.59 Å². The van der Waals surface area contributed by atoms with Gasteiger partial charge in [-0.15, -0.1) is 0 Å². The predicted octanol–water partition coefficient (Wildman–Crippen LogP) is -0.467. The predicted molar refractivity (Wildman–Crippen MR) is 44.8 cm³/mol. The zero-order valence-corrected chi connectivity index (χ0v) is 7.73. The minimum atomic E-state index is -0.892. The molecule has 0 fully saturated rings. The third-order valence-electron chi connectivity index (χ3n) is 1.41. The third-order valence-corrected chi connectivity index (χ3v) is 1.41. The lowest BCUT2D eigenvalue weighted by molar-refractivity contribution is -0.131. The molecule has 0 aromatic carbocycles. The summed E-state index contributed by atoms with van der Waals surface area (Å²) in [5, 5.41) is 1.44. The molecular weight excluding hydrogens is 176 g/mol. The maximum Gasteiger partial charge on any atom is 0.404 e. The molecule has 0 saturated carbocycles. The second kappa shape index (κ2) is 6.38. The van der Waals surface area contributed by atoms with Crippen LogP contribution in [0.4, 0.5) is 4.79 Å². The molecule has 0 spiro atoms. The maximum absolute atomic E-state index is 10.4. The van der Waals surface area contributed by atoms with Crippen LogP contribution in [0.25, 0.3) is 0 Å². The third kappa shape index (κ3) is 6.06. The summed E-state index contributed by atoms with van der Waals surface area (Å²) in [5.74, 6) is 0. The number of nitrogens with two attached hydrogens (primary N) is 1. The molecule has 0 aromatic heterocycles. The molecule has 0 rings (SSSR count). The Morgan fingerprint density at radius 3 is 2.69 bits per heavy atom. The van der Waals surface area contributed by atoms with Crippen molar-refractivity contribution < 1.29 is 19.2 Å².